The van der Waals surface area contributed by atoms with E-state index in [2.05, 4.69) is 4.98 Å². The van der Waals surface area contributed by atoms with Crippen molar-refractivity contribution < 1.29 is 45.0 Å². The number of benzene rings is 1. The summed E-state index contributed by atoms with van der Waals surface area (Å²) in [4.78, 5) is 31.1. The highest BCUT2D eigenvalue weighted by atomic mass is 16.6. The number of ketones is 2. The molecule has 13 nitrogen and oxygen atoms in total. The number of anilines is 1. The summed E-state index contributed by atoms with van der Waals surface area (Å²) in [5, 5.41) is 67.6. The molecule has 2 aromatic heterocycles. The second-order valence-electron chi connectivity index (χ2n) is 10.9. The van der Waals surface area contributed by atoms with E-state index in [1.807, 2.05) is 0 Å². The zero-order chi connectivity index (χ0) is 29.1. The Balaban J connectivity index is 1.64. The molecule has 1 aromatic carbocycles. The van der Waals surface area contributed by atoms with Gasteiger partial charge >= 0.3 is 0 Å². The number of aromatic amines is 1. The van der Waals surface area contributed by atoms with Gasteiger partial charge in [0.25, 0.3) is 0 Å². The summed E-state index contributed by atoms with van der Waals surface area (Å²) in [7, 11) is 3.26. The van der Waals surface area contributed by atoms with Gasteiger partial charge in [0, 0.05) is 25.0 Å². The molecular formula is C28H28N4O9. The van der Waals surface area contributed by atoms with Gasteiger partial charge < -0.3 is 50.3 Å². The van der Waals surface area contributed by atoms with E-state index < -0.39 is 43.3 Å². The van der Waals surface area contributed by atoms with Crippen molar-refractivity contribution in [2.75, 3.05) is 30.6 Å². The second kappa shape index (κ2) is 8.68. The van der Waals surface area contributed by atoms with E-state index in [0.29, 0.717) is 39.7 Å². The first-order valence-corrected chi connectivity index (χ1v) is 13.1. The number of rotatable bonds is 3. The Morgan fingerprint density at radius 3 is 2.46 bits per heavy atom. The van der Waals surface area contributed by atoms with Crippen LogP contribution in [-0.2, 0) is 16.0 Å². The molecule has 4 aliphatic rings. The zero-order valence-electron chi connectivity index (χ0n) is 22.0. The van der Waals surface area contributed by atoms with Gasteiger partial charge in [-0.05, 0) is 29.7 Å². The van der Waals surface area contributed by atoms with Gasteiger partial charge in [-0.15, -0.1) is 0 Å². The Bertz CT molecular complexity index is 1760. The molecular weight excluding hydrogens is 536 g/mol. The molecule has 0 radical (unpaired) electrons. The molecule has 6 atom stereocenters. The van der Waals surface area contributed by atoms with Crippen LogP contribution in [0.5, 0.6) is 11.8 Å². The summed E-state index contributed by atoms with van der Waals surface area (Å²) in [6.45, 7) is -0.672. The molecule has 6 unspecified atom stereocenters. The van der Waals surface area contributed by atoms with Gasteiger partial charge in [-0.2, -0.15) is 4.68 Å². The van der Waals surface area contributed by atoms with E-state index in [1.54, 1.807) is 32.3 Å². The molecule has 0 amide bonds. The Kier molecular flexibility index (Phi) is 5.46. The van der Waals surface area contributed by atoms with Gasteiger partial charge in [0.2, 0.25) is 17.5 Å². The van der Waals surface area contributed by atoms with Gasteiger partial charge in [0.05, 0.1) is 34.3 Å². The molecule has 2 aliphatic heterocycles. The highest BCUT2D eigenvalue weighted by Gasteiger charge is 2.53. The number of carbonyl (C=O) groups is 2. The number of aliphatic hydroxyl groups excluding tert-OH is 4. The quantitative estimate of drug-likeness (QED) is 0.218. The van der Waals surface area contributed by atoms with Crippen molar-refractivity contribution >= 4 is 44.5 Å². The lowest BCUT2D eigenvalue weighted by Gasteiger charge is -2.46. The van der Waals surface area contributed by atoms with Gasteiger partial charge in [0.1, 0.15) is 30.5 Å². The standard InChI is InChI=1S/C28H28N4O9/c1-30(2)32-26(39)17-15-10-5-3-7-12(34)19(10)29-20(15)22-16(18(17)27(32)40)11-6-4-8-13(35)21(11)31(22)28-25(38)24(37)23(36)14(9-33)41-28/h3-4,6-8,14,21,23-25,28-29,33,36-40H,5,9H2,1-2H3. The van der Waals surface area contributed by atoms with Crippen LogP contribution in [0.4, 0.5) is 5.69 Å². The molecule has 3 aromatic rings. The fourth-order valence-electron chi connectivity index (χ4n) is 6.75. The van der Waals surface area contributed by atoms with E-state index in [0.717, 1.165) is 0 Å². The van der Waals surface area contributed by atoms with Crippen molar-refractivity contribution in [1.82, 2.24) is 9.66 Å². The molecule has 214 valence electrons. The fourth-order valence-corrected chi connectivity index (χ4v) is 6.75. The van der Waals surface area contributed by atoms with Gasteiger partial charge in [-0.25, -0.2) is 0 Å². The number of carbonyl (C=O) groups excluding carboxylic acids is 2. The topological polar surface area (TPSA) is 192 Å². The molecule has 1 fully saturated rings. The van der Waals surface area contributed by atoms with Crippen molar-refractivity contribution in [2.45, 2.75) is 43.1 Å². The summed E-state index contributed by atoms with van der Waals surface area (Å²) >= 11 is 0. The second-order valence-corrected chi connectivity index (χ2v) is 10.9. The largest absolute Gasteiger partial charge is 0.493 e. The molecule has 0 bridgehead atoms. The van der Waals surface area contributed by atoms with Crippen LogP contribution >= 0.6 is 0 Å². The van der Waals surface area contributed by atoms with Crippen molar-refractivity contribution in [2.24, 2.45) is 0 Å². The van der Waals surface area contributed by atoms with Gasteiger partial charge in [0.15, 0.2) is 12.0 Å². The Morgan fingerprint density at radius 2 is 1.76 bits per heavy atom. The van der Waals surface area contributed by atoms with Crippen LogP contribution in [-0.4, -0.2) is 109 Å². The third kappa shape index (κ3) is 3.17. The number of nitrogens with one attached hydrogen (secondary N) is 1. The van der Waals surface area contributed by atoms with Gasteiger partial charge in [-0.1, -0.05) is 18.2 Å². The van der Waals surface area contributed by atoms with Crippen molar-refractivity contribution in [3.63, 3.8) is 0 Å². The predicted molar refractivity (Wildman–Crippen MR) is 147 cm³/mol. The average Bonchev–Trinajstić information content (AvgIpc) is 3.57. The number of aliphatic hydroxyl groups is 4. The van der Waals surface area contributed by atoms with Crippen molar-refractivity contribution in [3.05, 3.63) is 47.2 Å². The number of hydrogen-bond donors (Lipinski definition) is 7. The summed E-state index contributed by atoms with van der Waals surface area (Å²) in [5.41, 5.74) is 2.28. The number of allylic oxidation sites excluding steroid dienone is 4. The van der Waals surface area contributed by atoms with Crippen molar-refractivity contribution in [3.8, 4) is 11.8 Å². The van der Waals surface area contributed by atoms with Crippen LogP contribution in [0.2, 0.25) is 0 Å². The number of fused-ring (bicyclic) bond motifs is 10. The van der Waals surface area contributed by atoms with E-state index in [1.165, 1.54) is 26.7 Å². The SMILES string of the molecule is CN(C)n1c(O)c2c3c(c4[nH]c5c(c4c2c1O)CC=CC5=O)N(C1OC(CO)C(O)C(O)C1O)C1C(=O)C=CC=C31. The molecule has 7 N–H and O–H groups in total. The number of ether oxygens (including phenoxy) is 1. The van der Waals surface area contributed by atoms with Crippen LogP contribution in [0.15, 0.2) is 30.4 Å². The van der Waals surface area contributed by atoms with Crippen LogP contribution < -0.4 is 9.91 Å². The number of aromatic nitrogens is 2. The monoisotopic (exact) mass is 564 g/mol. The third-order valence-corrected chi connectivity index (χ3v) is 8.48. The minimum Gasteiger partial charge on any atom is -0.493 e. The highest BCUT2D eigenvalue weighted by Crippen LogP contribution is 2.57. The fraction of sp³-hybridized carbons (Fsp3) is 0.357. The molecule has 7 rings (SSSR count). The number of aromatic hydroxyl groups is 2. The smallest absolute Gasteiger partial charge is 0.222 e. The lowest BCUT2D eigenvalue weighted by Crippen LogP contribution is -2.65. The molecule has 1 saturated heterocycles. The van der Waals surface area contributed by atoms with Crippen LogP contribution in [0.1, 0.15) is 21.6 Å². The maximum Gasteiger partial charge on any atom is 0.222 e. The number of H-pyrrole nitrogens is 1. The lowest BCUT2D eigenvalue weighted by atomic mass is 9.90. The van der Waals surface area contributed by atoms with E-state index in [9.17, 15) is 40.2 Å². The first-order valence-electron chi connectivity index (χ1n) is 13.1. The molecule has 13 heteroatoms. The molecule has 4 heterocycles. The lowest BCUT2D eigenvalue weighted by molar-refractivity contribution is -0.229. The van der Waals surface area contributed by atoms with E-state index in [-0.39, 0.29) is 39.8 Å². The first kappa shape index (κ1) is 25.8. The number of nitrogens with zero attached hydrogens (tertiary/aromatic N) is 3. The van der Waals surface area contributed by atoms with Gasteiger partial charge in [-0.3, -0.25) is 9.59 Å². The maximum absolute atomic E-state index is 13.5. The predicted octanol–water partition coefficient (Wildman–Crippen LogP) is -0.463. The molecule has 0 spiro atoms. The molecule has 2 aliphatic carbocycles. The first-order chi connectivity index (χ1) is 19.6. The van der Waals surface area contributed by atoms with E-state index in [4.69, 9.17) is 4.74 Å². The minimum absolute atomic E-state index is 0.217. The normalized spacial score (nSPS) is 28.8. The Hall–Kier alpha value is -4.14. The van der Waals surface area contributed by atoms with Crippen LogP contribution in [0, 0.1) is 0 Å². The van der Waals surface area contributed by atoms with E-state index >= 15 is 0 Å². The number of hydrogen-bond acceptors (Lipinski definition) is 11. The molecule has 41 heavy (non-hydrogen) atoms. The maximum atomic E-state index is 13.5. The zero-order valence-corrected chi connectivity index (χ0v) is 22.0. The van der Waals surface area contributed by atoms with Crippen LogP contribution in [0.3, 0.4) is 0 Å². The average molecular weight is 565 g/mol. The molecule has 0 saturated carbocycles. The Morgan fingerprint density at radius 1 is 1.02 bits per heavy atom. The summed E-state index contributed by atoms with van der Waals surface area (Å²) in [5.74, 6) is -1.28. The summed E-state index contributed by atoms with van der Waals surface area (Å²) in [6, 6.07) is -1.09. The summed E-state index contributed by atoms with van der Waals surface area (Å²) in [6.07, 6.45) is 0.313. The third-order valence-electron chi connectivity index (χ3n) is 8.48. The van der Waals surface area contributed by atoms with Crippen LogP contribution in [0.25, 0.3) is 27.2 Å². The Labute approximate surface area is 232 Å². The highest BCUT2D eigenvalue weighted by molar-refractivity contribution is 6.29. The minimum atomic E-state index is -1.72. The van der Waals surface area contributed by atoms with Crippen molar-refractivity contribution in [1.29, 1.82) is 0 Å². The summed E-state index contributed by atoms with van der Waals surface area (Å²) < 4.78 is 7.15.